The zero-order chi connectivity index (χ0) is 31.3. The van der Waals surface area contributed by atoms with Crippen molar-refractivity contribution in [1.29, 1.82) is 0 Å². The summed E-state index contributed by atoms with van der Waals surface area (Å²) < 4.78 is 0. The highest BCUT2D eigenvalue weighted by Crippen LogP contribution is 2.56. The van der Waals surface area contributed by atoms with E-state index < -0.39 is 0 Å². The van der Waals surface area contributed by atoms with Crippen molar-refractivity contribution in [3.8, 4) is 0 Å². The van der Waals surface area contributed by atoms with Crippen molar-refractivity contribution >= 4 is 101 Å². The van der Waals surface area contributed by atoms with Crippen molar-refractivity contribution in [2.75, 3.05) is 9.80 Å². The summed E-state index contributed by atoms with van der Waals surface area (Å²) >= 11 is 3.71. The molecule has 4 heteroatoms. The lowest BCUT2D eigenvalue weighted by molar-refractivity contribution is 1.17. The summed E-state index contributed by atoms with van der Waals surface area (Å²) in [6.45, 7) is 0. The largest absolute Gasteiger partial charge is 0.308 e. The maximum absolute atomic E-state index is 2.46. The summed E-state index contributed by atoms with van der Waals surface area (Å²) in [7, 11) is 0. The van der Waals surface area contributed by atoms with Crippen LogP contribution in [-0.4, -0.2) is 0 Å². The first-order valence-electron chi connectivity index (χ1n) is 16.3. The molecule has 2 nitrogen and oxygen atoms in total. The van der Waals surface area contributed by atoms with E-state index in [2.05, 4.69) is 168 Å². The Kier molecular flexibility index (Phi) is 5.57. The van der Waals surface area contributed by atoms with E-state index in [1.165, 1.54) is 96.8 Å². The predicted molar refractivity (Wildman–Crippen MR) is 205 cm³/mol. The Morgan fingerprint density at radius 1 is 0.250 bits per heavy atom. The number of fused-ring (bicyclic) bond motifs is 6. The van der Waals surface area contributed by atoms with Crippen LogP contribution in [0.5, 0.6) is 0 Å². The minimum Gasteiger partial charge on any atom is -0.308 e. The molecule has 0 aromatic heterocycles. The van der Waals surface area contributed by atoms with Crippen molar-refractivity contribution in [3.05, 3.63) is 158 Å². The normalized spacial score (nSPS) is 13.6. The highest BCUT2D eigenvalue weighted by Gasteiger charge is 2.29. The molecule has 0 amide bonds. The van der Waals surface area contributed by atoms with Crippen LogP contribution in [0, 0.1) is 0 Å². The maximum Gasteiger partial charge on any atom is 0.0601 e. The molecular weight excluding hydrogens is 621 g/mol. The smallest absolute Gasteiger partial charge is 0.0601 e. The number of rotatable bonds is 2. The molecule has 0 fully saturated rings. The van der Waals surface area contributed by atoms with E-state index in [-0.39, 0.29) is 0 Å². The molecule has 9 aromatic carbocycles. The van der Waals surface area contributed by atoms with Crippen LogP contribution < -0.4 is 9.80 Å². The van der Waals surface area contributed by atoms with Crippen LogP contribution in [0.25, 0.3) is 43.1 Å². The molecular formula is C44H26N2S2. The van der Waals surface area contributed by atoms with Crippen molar-refractivity contribution in [2.45, 2.75) is 19.6 Å². The molecule has 224 valence electrons. The number of anilines is 6. The van der Waals surface area contributed by atoms with E-state index in [0.29, 0.717) is 0 Å². The Morgan fingerprint density at radius 3 is 0.938 bits per heavy atom. The van der Waals surface area contributed by atoms with E-state index in [4.69, 9.17) is 0 Å². The van der Waals surface area contributed by atoms with Gasteiger partial charge in [0.2, 0.25) is 0 Å². The molecule has 0 saturated carbocycles. The van der Waals surface area contributed by atoms with Gasteiger partial charge in [0, 0.05) is 30.4 Å². The number of hydrogen-bond donors (Lipinski definition) is 0. The maximum atomic E-state index is 2.46. The minimum atomic E-state index is 1.21. The lowest BCUT2D eigenvalue weighted by Crippen LogP contribution is -2.15. The Balaban J connectivity index is 1.20. The van der Waals surface area contributed by atoms with Crippen LogP contribution in [-0.2, 0) is 0 Å². The first kappa shape index (κ1) is 26.6. The molecule has 9 aromatic rings. The standard InChI is InChI=1S/C44H26N2S2/c1-5-19-39-35(15-1)45(36-16-2-6-20-40(36)47-39)33-25-23-29-30-24-26-34(32-14-10-12-28(44(30)32)27-11-9-13-31(33)43(27)29)46-37-17-3-7-21-41(37)48-42-22-8-4-18-38(42)46/h1-26H. The Bertz CT molecular complexity index is 2470. The summed E-state index contributed by atoms with van der Waals surface area (Å²) in [5.41, 5.74) is 7.33. The second-order valence-corrected chi connectivity index (χ2v) is 14.6. The van der Waals surface area contributed by atoms with Gasteiger partial charge >= 0.3 is 0 Å². The van der Waals surface area contributed by atoms with Crippen molar-refractivity contribution < 1.29 is 0 Å². The van der Waals surface area contributed by atoms with Gasteiger partial charge in [0.1, 0.15) is 0 Å². The third-order valence-corrected chi connectivity index (χ3v) is 12.2. The van der Waals surface area contributed by atoms with Crippen LogP contribution in [0.4, 0.5) is 34.1 Å². The minimum absolute atomic E-state index is 1.21. The molecule has 0 unspecified atom stereocenters. The fourth-order valence-electron chi connectivity index (χ4n) is 8.00. The molecule has 0 atom stereocenters. The van der Waals surface area contributed by atoms with Crippen molar-refractivity contribution in [3.63, 3.8) is 0 Å². The molecule has 11 rings (SSSR count). The third-order valence-electron chi connectivity index (χ3n) is 9.96. The van der Waals surface area contributed by atoms with E-state index in [9.17, 15) is 0 Å². The second kappa shape index (κ2) is 10.0. The fraction of sp³-hybridized carbons (Fsp3) is 0. The molecule has 0 spiro atoms. The van der Waals surface area contributed by atoms with Crippen LogP contribution in [0.1, 0.15) is 0 Å². The molecule has 2 heterocycles. The van der Waals surface area contributed by atoms with Gasteiger partial charge in [-0.15, -0.1) is 0 Å². The predicted octanol–water partition coefficient (Wildman–Crippen LogP) is 13.6. The third kappa shape index (κ3) is 3.62. The van der Waals surface area contributed by atoms with Crippen molar-refractivity contribution in [1.82, 2.24) is 0 Å². The average Bonchev–Trinajstić information content (AvgIpc) is 3.15. The van der Waals surface area contributed by atoms with E-state index >= 15 is 0 Å². The highest BCUT2D eigenvalue weighted by molar-refractivity contribution is 8.00. The lowest BCUT2D eigenvalue weighted by Gasteiger charge is -2.34. The van der Waals surface area contributed by atoms with Gasteiger partial charge in [-0.25, -0.2) is 0 Å². The highest BCUT2D eigenvalue weighted by atomic mass is 32.2. The zero-order valence-corrected chi connectivity index (χ0v) is 27.4. The van der Waals surface area contributed by atoms with Gasteiger partial charge in [0.15, 0.2) is 0 Å². The average molecular weight is 647 g/mol. The SMILES string of the molecule is c1ccc2c(c1)Sc1ccccc1N2c1ccc2c3ccc(N4c5ccccc5Sc5ccccc54)c4cccc(c5cccc1c52)c43. The lowest BCUT2D eigenvalue weighted by atomic mass is 9.88. The van der Waals surface area contributed by atoms with Gasteiger partial charge in [0.25, 0.3) is 0 Å². The Hall–Kier alpha value is -5.42. The first-order chi connectivity index (χ1) is 23.8. The monoisotopic (exact) mass is 646 g/mol. The van der Waals surface area contributed by atoms with Crippen LogP contribution >= 0.6 is 23.5 Å². The van der Waals surface area contributed by atoms with Crippen LogP contribution in [0.15, 0.2) is 177 Å². The first-order valence-corrected chi connectivity index (χ1v) is 17.9. The van der Waals surface area contributed by atoms with E-state index in [1.807, 2.05) is 23.5 Å². The molecule has 0 bridgehead atoms. The summed E-state index contributed by atoms with van der Waals surface area (Å²) in [5.74, 6) is 0. The fourth-order valence-corrected chi connectivity index (χ4v) is 10.1. The van der Waals surface area contributed by atoms with Gasteiger partial charge in [-0.3, -0.25) is 0 Å². The molecule has 48 heavy (non-hydrogen) atoms. The number of hydrogen-bond acceptors (Lipinski definition) is 4. The van der Waals surface area contributed by atoms with Gasteiger partial charge in [-0.05, 0) is 93.0 Å². The van der Waals surface area contributed by atoms with Crippen LogP contribution in [0.3, 0.4) is 0 Å². The van der Waals surface area contributed by atoms with Gasteiger partial charge in [-0.2, -0.15) is 0 Å². The summed E-state index contributed by atoms with van der Waals surface area (Å²) in [6.07, 6.45) is 0. The zero-order valence-electron chi connectivity index (χ0n) is 25.7. The topological polar surface area (TPSA) is 6.48 Å². The Labute approximate surface area is 286 Å². The summed E-state index contributed by atoms with van der Waals surface area (Å²) in [6, 6.07) is 58.2. The summed E-state index contributed by atoms with van der Waals surface area (Å²) in [4.78, 5) is 10.0. The molecule has 0 N–H and O–H groups in total. The van der Waals surface area contributed by atoms with Crippen molar-refractivity contribution in [2.24, 2.45) is 0 Å². The molecule has 0 radical (unpaired) electrons. The number of nitrogens with zero attached hydrogens (tertiary/aromatic N) is 2. The quantitative estimate of drug-likeness (QED) is 0.136. The summed E-state index contributed by atoms with van der Waals surface area (Å²) in [5, 5.41) is 10.4. The van der Waals surface area contributed by atoms with E-state index in [0.717, 1.165) is 0 Å². The van der Waals surface area contributed by atoms with Gasteiger partial charge < -0.3 is 9.80 Å². The number of benzene rings is 9. The van der Waals surface area contributed by atoms with E-state index in [1.54, 1.807) is 0 Å². The second-order valence-electron chi connectivity index (χ2n) is 12.5. The molecule has 0 saturated heterocycles. The molecule has 2 aliphatic heterocycles. The Morgan fingerprint density at radius 2 is 0.562 bits per heavy atom. The van der Waals surface area contributed by atoms with Gasteiger partial charge in [-0.1, -0.05) is 121 Å². The van der Waals surface area contributed by atoms with Gasteiger partial charge in [0.05, 0.1) is 34.1 Å². The van der Waals surface area contributed by atoms with Crippen LogP contribution in [0.2, 0.25) is 0 Å². The number of para-hydroxylation sites is 4. The molecule has 2 aliphatic rings. The molecule has 0 aliphatic carbocycles.